The topological polar surface area (TPSA) is 43.1 Å². The Kier molecular flexibility index (Phi) is 17.1. The third-order valence-electron chi connectivity index (χ3n) is 3.87. The van der Waals surface area contributed by atoms with Crippen LogP contribution >= 0.6 is 0 Å². The lowest BCUT2D eigenvalue weighted by Crippen LogP contribution is -2.09. The summed E-state index contributed by atoms with van der Waals surface area (Å²) in [5, 5.41) is 0. The molecule has 22 heavy (non-hydrogen) atoms. The molecule has 1 amide bonds. The summed E-state index contributed by atoms with van der Waals surface area (Å²) in [4.78, 5) is 10.6. The number of hydrogen-bond acceptors (Lipinski definition) is 1. The molecule has 0 aliphatic carbocycles. The number of amides is 1. The number of rotatable bonds is 16. The molecule has 0 aliphatic rings. The van der Waals surface area contributed by atoms with Gasteiger partial charge in [0.05, 0.1) is 0 Å². The van der Waals surface area contributed by atoms with Gasteiger partial charge in [0.25, 0.3) is 0 Å². The molecule has 0 atom stereocenters. The molecule has 2 N–H and O–H groups in total. The number of hydrogen-bond donors (Lipinski definition) is 1. The molecule has 0 unspecified atom stereocenters. The van der Waals surface area contributed by atoms with Crippen molar-refractivity contribution in [2.45, 2.75) is 96.8 Å². The Labute approximate surface area is 138 Å². The van der Waals surface area contributed by atoms with Crippen molar-refractivity contribution in [3.63, 3.8) is 0 Å². The van der Waals surface area contributed by atoms with E-state index in [0.29, 0.717) is 6.42 Å². The Morgan fingerprint density at radius 2 is 1.23 bits per heavy atom. The third-order valence-corrected chi connectivity index (χ3v) is 3.87. The highest BCUT2D eigenvalue weighted by Crippen LogP contribution is 2.10. The minimum absolute atomic E-state index is 0.164. The van der Waals surface area contributed by atoms with E-state index >= 15 is 0 Å². The fourth-order valence-corrected chi connectivity index (χ4v) is 2.46. The normalized spacial score (nSPS) is 11.7. The highest BCUT2D eigenvalue weighted by Gasteiger charge is 1.94. The molecule has 0 fully saturated rings. The van der Waals surface area contributed by atoms with E-state index in [1.54, 1.807) is 0 Å². The van der Waals surface area contributed by atoms with Crippen molar-refractivity contribution >= 4 is 5.91 Å². The SMILES string of the molecule is CCCCC/C=C/C/C=C/CCCCCCCCCC(N)=O. The summed E-state index contributed by atoms with van der Waals surface area (Å²) in [6.45, 7) is 2.25. The van der Waals surface area contributed by atoms with Crippen LogP contribution < -0.4 is 5.73 Å². The van der Waals surface area contributed by atoms with Crippen LogP contribution in [0.1, 0.15) is 96.8 Å². The molecule has 0 spiro atoms. The minimum Gasteiger partial charge on any atom is -0.370 e. The van der Waals surface area contributed by atoms with E-state index < -0.39 is 0 Å². The minimum atomic E-state index is -0.164. The molecule has 0 aromatic carbocycles. The van der Waals surface area contributed by atoms with Crippen molar-refractivity contribution in [3.8, 4) is 0 Å². The number of carbonyl (C=O) groups excluding carboxylic acids is 1. The largest absolute Gasteiger partial charge is 0.370 e. The highest BCUT2D eigenvalue weighted by atomic mass is 16.1. The van der Waals surface area contributed by atoms with Crippen molar-refractivity contribution in [2.75, 3.05) is 0 Å². The standard InChI is InChI=1S/C20H37NO/c1-2-3-4-5-6-7-8-9-10-11-12-13-14-15-16-17-18-19-20(21)22/h6-7,9-10H,2-5,8,11-19H2,1H3,(H2,21,22)/b7-6+,10-9+. The van der Waals surface area contributed by atoms with Crippen LogP contribution in [0, 0.1) is 0 Å². The molecular formula is C20H37NO. The lowest BCUT2D eigenvalue weighted by Gasteiger charge is -2.00. The molecular weight excluding hydrogens is 270 g/mol. The van der Waals surface area contributed by atoms with E-state index in [-0.39, 0.29) is 5.91 Å². The second-order valence-electron chi connectivity index (χ2n) is 6.15. The van der Waals surface area contributed by atoms with Gasteiger partial charge in [0.1, 0.15) is 0 Å². The van der Waals surface area contributed by atoms with Gasteiger partial charge in [-0.15, -0.1) is 0 Å². The Bertz CT molecular complexity index is 294. The first kappa shape index (κ1) is 20.9. The van der Waals surface area contributed by atoms with Gasteiger partial charge in [0, 0.05) is 6.42 Å². The van der Waals surface area contributed by atoms with E-state index in [1.165, 1.54) is 64.2 Å². The van der Waals surface area contributed by atoms with E-state index in [4.69, 9.17) is 5.73 Å². The van der Waals surface area contributed by atoms with Crippen LogP contribution in [0.3, 0.4) is 0 Å². The van der Waals surface area contributed by atoms with Gasteiger partial charge in [0.2, 0.25) is 5.91 Å². The van der Waals surface area contributed by atoms with Gasteiger partial charge in [0.15, 0.2) is 0 Å². The summed E-state index contributed by atoms with van der Waals surface area (Å²) in [5.41, 5.74) is 5.11. The van der Waals surface area contributed by atoms with Crippen LogP contribution in [0.5, 0.6) is 0 Å². The van der Waals surface area contributed by atoms with Crippen molar-refractivity contribution in [3.05, 3.63) is 24.3 Å². The summed E-state index contributed by atoms with van der Waals surface area (Å²) in [7, 11) is 0. The van der Waals surface area contributed by atoms with Crippen LogP contribution in [0.15, 0.2) is 24.3 Å². The Hall–Kier alpha value is -1.05. The molecule has 0 bridgehead atoms. The van der Waals surface area contributed by atoms with Gasteiger partial charge < -0.3 is 5.73 Å². The first-order valence-electron chi connectivity index (χ1n) is 9.35. The van der Waals surface area contributed by atoms with Gasteiger partial charge in [-0.2, -0.15) is 0 Å². The second kappa shape index (κ2) is 18.0. The lowest BCUT2D eigenvalue weighted by atomic mass is 10.1. The summed E-state index contributed by atoms with van der Waals surface area (Å²) >= 11 is 0. The maximum absolute atomic E-state index is 10.6. The molecule has 2 nitrogen and oxygen atoms in total. The fourth-order valence-electron chi connectivity index (χ4n) is 2.46. The molecule has 0 aromatic heterocycles. The summed E-state index contributed by atoms with van der Waals surface area (Å²) in [6.07, 6.45) is 25.9. The smallest absolute Gasteiger partial charge is 0.217 e. The van der Waals surface area contributed by atoms with Crippen LogP contribution in [0.2, 0.25) is 0 Å². The maximum Gasteiger partial charge on any atom is 0.217 e. The molecule has 0 saturated carbocycles. The van der Waals surface area contributed by atoms with Crippen molar-refractivity contribution in [1.82, 2.24) is 0 Å². The number of primary amides is 1. The predicted octanol–water partition coefficient (Wildman–Crippen LogP) is 6.07. The quantitative estimate of drug-likeness (QED) is 0.273. The van der Waals surface area contributed by atoms with E-state index in [1.807, 2.05) is 0 Å². The van der Waals surface area contributed by atoms with Gasteiger partial charge in [-0.3, -0.25) is 4.79 Å². The van der Waals surface area contributed by atoms with Crippen molar-refractivity contribution in [2.24, 2.45) is 5.73 Å². The molecule has 0 radical (unpaired) electrons. The summed E-state index contributed by atoms with van der Waals surface area (Å²) < 4.78 is 0. The van der Waals surface area contributed by atoms with Gasteiger partial charge in [-0.1, -0.05) is 76.2 Å². The van der Waals surface area contributed by atoms with Crippen LogP contribution in [0.4, 0.5) is 0 Å². The summed E-state index contributed by atoms with van der Waals surface area (Å²) in [5.74, 6) is -0.164. The zero-order chi connectivity index (χ0) is 16.3. The Balaban J connectivity index is 3.15. The van der Waals surface area contributed by atoms with Crippen LogP contribution in [-0.4, -0.2) is 5.91 Å². The first-order valence-corrected chi connectivity index (χ1v) is 9.35. The Morgan fingerprint density at radius 1 is 0.727 bits per heavy atom. The average Bonchev–Trinajstić information content (AvgIpc) is 2.50. The third kappa shape index (κ3) is 18.9. The average molecular weight is 308 g/mol. The second-order valence-corrected chi connectivity index (χ2v) is 6.15. The zero-order valence-electron chi connectivity index (χ0n) is 14.7. The zero-order valence-corrected chi connectivity index (χ0v) is 14.7. The van der Waals surface area contributed by atoms with E-state index in [9.17, 15) is 4.79 Å². The highest BCUT2D eigenvalue weighted by molar-refractivity contribution is 5.73. The first-order chi connectivity index (χ1) is 10.8. The van der Waals surface area contributed by atoms with Gasteiger partial charge in [-0.25, -0.2) is 0 Å². The van der Waals surface area contributed by atoms with E-state index in [0.717, 1.165) is 19.3 Å². The number of allylic oxidation sites excluding steroid dienone is 4. The van der Waals surface area contributed by atoms with Crippen LogP contribution in [0.25, 0.3) is 0 Å². The van der Waals surface area contributed by atoms with Gasteiger partial charge >= 0.3 is 0 Å². The summed E-state index contributed by atoms with van der Waals surface area (Å²) in [6, 6.07) is 0. The maximum atomic E-state index is 10.6. The molecule has 0 heterocycles. The molecule has 0 aromatic rings. The van der Waals surface area contributed by atoms with Crippen molar-refractivity contribution in [1.29, 1.82) is 0 Å². The van der Waals surface area contributed by atoms with Crippen LogP contribution in [-0.2, 0) is 4.79 Å². The molecule has 0 saturated heterocycles. The number of carbonyl (C=O) groups is 1. The predicted molar refractivity (Wildman–Crippen MR) is 97.8 cm³/mol. The molecule has 2 heteroatoms. The van der Waals surface area contributed by atoms with Gasteiger partial charge in [-0.05, 0) is 38.5 Å². The fraction of sp³-hybridized carbons (Fsp3) is 0.750. The molecule has 0 rings (SSSR count). The van der Waals surface area contributed by atoms with Crippen molar-refractivity contribution < 1.29 is 4.79 Å². The monoisotopic (exact) mass is 307 g/mol. The van der Waals surface area contributed by atoms with E-state index in [2.05, 4.69) is 31.2 Å². The number of unbranched alkanes of at least 4 members (excludes halogenated alkanes) is 10. The Morgan fingerprint density at radius 3 is 1.77 bits per heavy atom. The molecule has 0 aliphatic heterocycles. The lowest BCUT2D eigenvalue weighted by molar-refractivity contribution is -0.118. The number of nitrogens with two attached hydrogens (primary N) is 1. The molecule has 128 valence electrons.